The summed E-state index contributed by atoms with van der Waals surface area (Å²) in [5.41, 5.74) is 2.77. The van der Waals surface area contributed by atoms with E-state index < -0.39 is 17.8 Å². The van der Waals surface area contributed by atoms with E-state index in [0.29, 0.717) is 32.5 Å². The lowest BCUT2D eigenvalue weighted by Gasteiger charge is -2.28. The van der Waals surface area contributed by atoms with Crippen molar-refractivity contribution in [3.8, 4) is 0 Å². The predicted molar refractivity (Wildman–Crippen MR) is 157 cm³/mol. The third-order valence-corrected chi connectivity index (χ3v) is 7.04. The molecule has 42 heavy (non-hydrogen) atoms. The highest BCUT2D eigenvalue weighted by Gasteiger charge is 2.34. The number of methoxy groups -OCH3 is 1. The van der Waals surface area contributed by atoms with Gasteiger partial charge in [0.05, 0.1) is 11.3 Å². The molecular weight excluding hydrogens is 545 g/mol. The summed E-state index contributed by atoms with van der Waals surface area (Å²) in [4.78, 5) is 33.2. The molecule has 3 aromatic carbocycles. The lowest BCUT2D eigenvalue weighted by molar-refractivity contribution is -0.137. The highest BCUT2D eigenvalue weighted by Crippen LogP contribution is 2.34. The van der Waals surface area contributed by atoms with Crippen LogP contribution in [-0.4, -0.2) is 60.1 Å². The number of hydrogen-bond donors (Lipinski definition) is 2. The molecule has 0 unspecified atom stereocenters. The van der Waals surface area contributed by atoms with E-state index in [0.717, 1.165) is 33.7 Å². The number of benzene rings is 3. The van der Waals surface area contributed by atoms with Gasteiger partial charge in [0.1, 0.15) is 6.54 Å². The molecule has 0 radical (unpaired) electrons. The van der Waals surface area contributed by atoms with Crippen LogP contribution in [0.4, 0.5) is 23.7 Å². The molecular formula is C32H35F3N4O3. The van der Waals surface area contributed by atoms with Crippen molar-refractivity contribution in [3.63, 3.8) is 0 Å². The van der Waals surface area contributed by atoms with Crippen LogP contribution in [0.5, 0.6) is 0 Å². The van der Waals surface area contributed by atoms with E-state index in [-0.39, 0.29) is 24.7 Å². The fourth-order valence-electron chi connectivity index (χ4n) is 4.75. The van der Waals surface area contributed by atoms with Crippen LogP contribution in [-0.2, 0) is 28.7 Å². The maximum absolute atomic E-state index is 13.7. The number of alkyl halides is 3. The Morgan fingerprint density at radius 3 is 2.38 bits per heavy atom. The molecule has 7 nitrogen and oxygen atoms in total. The SMILES string of the molecule is COCCCN(CC(=O)N(CCc1c[nH]c2ccccc12)Cc1ccc(C)cc1)C(=O)Nc1ccccc1C(F)(F)F. The number of carbonyl (C=O) groups excluding carboxylic acids is 2. The van der Waals surface area contributed by atoms with Crippen LogP contribution in [0.3, 0.4) is 0 Å². The van der Waals surface area contributed by atoms with Gasteiger partial charge in [-0.3, -0.25) is 4.79 Å². The number of para-hydroxylation sites is 2. The first-order valence-corrected chi connectivity index (χ1v) is 13.7. The summed E-state index contributed by atoms with van der Waals surface area (Å²) in [5.74, 6) is -0.313. The molecule has 0 atom stereocenters. The van der Waals surface area contributed by atoms with Crippen LogP contribution in [0.25, 0.3) is 10.9 Å². The zero-order valence-electron chi connectivity index (χ0n) is 23.7. The van der Waals surface area contributed by atoms with Gasteiger partial charge in [0.25, 0.3) is 0 Å². The van der Waals surface area contributed by atoms with Crippen LogP contribution in [0.15, 0.2) is 79.0 Å². The monoisotopic (exact) mass is 580 g/mol. The number of ether oxygens (including phenoxy) is 1. The van der Waals surface area contributed by atoms with Crippen molar-refractivity contribution in [1.82, 2.24) is 14.8 Å². The number of carbonyl (C=O) groups is 2. The van der Waals surface area contributed by atoms with Crippen LogP contribution < -0.4 is 5.32 Å². The summed E-state index contributed by atoms with van der Waals surface area (Å²) >= 11 is 0. The summed E-state index contributed by atoms with van der Waals surface area (Å²) < 4.78 is 45.8. The Morgan fingerprint density at radius 1 is 0.929 bits per heavy atom. The molecule has 0 saturated carbocycles. The number of fused-ring (bicyclic) bond motifs is 1. The van der Waals surface area contributed by atoms with Gasteiger partial charge in [0.15, 0.2) is 0 Å². The minimum Gasteiger partial charge on any atom is -0.385 e. The van der Waals surface area contributed by atoms with Crippen molar-refractivity contribution in [2.24, 2.45) is 0 Å². The first-order chi connectivity index (χ1) is 20.2. The molecule has 0 spiro atoms. The predicted octanol–water partition coefficient (Wildman–Crippen LogP) is 6.64. The Kier molecular flexibility index (Phi) is 10.2. The number of nitrogens with one attached hydrogen (secondary N) is 2. The summed E-state index contributed by atoms with van der Waals surface area (Å²) in [6.07, 6.45) is -1.72. The quantitative estimate of drug-likeness (QED) is 0.185. The number of aromatic nitrogens is 1. The molecule has 222 valence electrons. The molecule has 0 aliphatic carbocycles. The second-order valence-electron chi connectivity index (χ2n) is 10.2. The highest BCUT2D eigenvalue weighted by atomic mass is 19.4. The largest absolute Gasteiger partial charge is 0.418 e. The molecule has 4 aromatic rings. The number of urea groups is 1. The van der Waals surface area contributed by atoms with Gasteiger partial charge in [-0.15, -0.1) is 0 Å². The van der Waals surface area contributed by atoms with Gasteiger partial charge in [-0.1, -0.05) is 60.2 Å². The normalized spacial score (nSPS) is 11.5. The van der Waals surface area contributed by atoms with Crippen LogP contribution in [0, 0.1) is 6.92 Å². The molecule has 0 fully saturated rings. The van der Waals surface area contributed by atoms with Gasteiger partial charge >= 0.3 is 12.2 Å². The number of halogens is 3. The van der Waals surface area contributed by atoms with Crippen LogP contribution >= 0.6 is 0 Å². The lowest BCUT2D eigenvalue weighted by atomic mass is 10.1. The smallest absolute Gasteiger partial charge is 0.385 e. The summed E-state index contributed by atoms with van der Waals surface area (Å²) in [5, 5.41) is 3.44. The van der Waals surface area contributed by atoms with E-state index in [1.165, 1.54) is 30.2 Å². The van der Waals surface area contributed by atoms with Gasteiger partial charge in [0.2, 0.25) is 5.91 Å². The van der Waals surface area contributed by atoms with E-state index in [1.54, 1.807) is 4.90 Å². The average Bonchev–Trinajstić information content (AvgIpc) is 3.38. The second-order valence-corrected chi connectivity index (χ2v) is 10.2. The van der Waals surface area contributed by atoms with Gasteiger partial charge in [-0.05, 0) is 49.1 Å². The van der Waals surface area contributed by atoms with Crippen molar-refractivity contribution in [1.29, 1.82) is 0 Å². The summed E-state index contributed by atoms with van der Waals surface area (Å²) in [7, 11) is 1.52. The second kappa shape index (κ2) is 14.0. The average molecular weight is 581 g/mol. The molecule has 1 heterocycles. The minimum atomic E-state index is -4.65. The number of amides is 3. The van der Waals surface area contributed by atoms with Gasteiger partial charge in [0, 0.05) is 50.5 Å². The van der Waals surface area contributed by atoms with Crippen molar-refractivity contribution >= 4 is 28.5 Å². The maximum atomic E-state index is 13.7. The molecule has 0 aliphatic heterocycles. The molecule has 2 N–H and O–H groups in total. The molecule has 10 heteroatoms. The van der Waals surface area contributed by atoms with E-state index in [2.05, 4.69) is 10.3 Å². The molecule has 3 amide bonds. The highest BCUT2D eigenvalue weighted by molar-refractivity contribution is 5.93. The third kappa shape index (κ3) is 8.13. The number of hydrogen-bond acceptors (Lipinski definition) is 3. The van der Waals surface area contributed by atoms with E-state index >= 15 is 0 Å². The fourth-order valence-corrected chi connectivity index (χ4v) is 4.75. The Labute approximate surface area is 243 Å². The van der Waals surface area contributed by atoms with E-state index in [9.17, 15) is 22.8 Å². The standard InChI is InChI=1S/C32H35F3N4O3/c1-23-12-14-24(15-13-23)21-38(18-16-25-20-36-28-10-5-3-8-26(25)28)30(40)22-39(17-7-19-42-2)31(41)37-29-11-6-4-9-27(29)32(33,34)35/h3-6,8-15,20,36H,7,16-19,21-22H2,1-2H3,(H,37,41). The first kappa shape index (κ1) is 30.6. The number of H-pyrrole nitrogens is 1. The zero-order valence-corrected chi connectivity index (χ0v) is 23.7. The molecule has 4 rings (SSSR count). The van der Waals surface area contributed by atoms with Gasteiger partial charge in [-0.2, -0.15) is 13.2 Å². The minimum absolute atomic E-state index is 0.125. The van der Waals surface area contributed by atoms with E-state index in [4.69, 9.17) is 4.74 Å². The van der Waals surface area contributed by atoms with Crippen LogP contribution in [0.2, 0.25) is 0 Å². The van der Waals surface area contributed by atoms with Gasteiger partial charge < -0.3 is 24.8 Å². The number of anilines is 1. The zero-order chi connectivity index (χ0) is 30.1. The lowest BCUT2D eigenvalue weighted by Crippen LogP contribution is -2.45. The van der Waals surface area contributed by atoms with Crippen molar-refractivity contribution in [2.45, 2.75) is 32.5 Å². The number of rotatable bonds is 12. The topological polar surface area (TPSA) is 77.7 Å². The molecule has 0 aliphatic rings. The maximum Gasteiger partial charge on any atom is 0.418 e. The number of nitrogens with zero attached hydrogens (tertiary/aromatic N) is 2. The van der Waals surface area contributed by atoms with Crippen molar-refractivity contribution in [3.05, 3.63) is 101 Å². The number of aryl methyl sites for hydroxylation is 1. The summed E-state index contributed by atoms with van der Waals surface area (Å²) in [6, 6.07) is 19.8. The fraction of sp³-hybridized carbons (Fsp3) is 0.312. The third-order valence-electron chi connectivity index (χ3n) is 7.04. The molecule has 1 aromatic heterocycles. The van der Waals surface area contributed by atoms with Crippen LogP contribution in [0.1, 0.15) is 28.7 Å². The Balaban J connectivity index is 1.54. The van der Waals surface area contributed by atoms with Crippen molar-refractivity contribution in [2.75, 3.05) is 38.7 Å². The number of aromatic amines is 1. The first-order valence-electron chi connectivity index (χ1n) is 13.7. The van der Waals surface area contributed by atoms with Crippen molar-refractivity contribution < 1.29 is 27.5 Å². The Hall–Kier alpha value is -4.31. The molecule has 0 bridgehead atoms. The van der Waals surface area contributed by atoms with Gasteiger partial charge in [-0.25, -0.2) is 4.79 Å². The molecule has 0 saturated heterocycles. The Morgan fingerprint density at radius 2 is 1.64 bits per heavy atom. The van der Waals surface area contributed by atoms with E-state index in [1.807, 2.05) is 61.7 Å². The Bertz CT molecular complexity index is 1480. The summed E-state index contributed by atoms with van der Waals surface area (Å²) in [6.45, 7) is 2.84.